The van der Waals surface area contributed by atoms with Crippen LogP contribution in [-0.4, -0.2) is 31.6 Å². The molecule has 2 aromatic heterocycles. The molecule has 1 aliphatic carbocycles. The van der Waals surface area contributed by atoms with Crippen LogP contribution in [0, 0.1) is 0 Å². The molecular formula is C17H20N6. The van der Waals surface area contributed by atoms with E-state index in [1.165, 1.54) is 0 Å². The van der Waals surface area contributed by atoms with Crippen molar-refractivity contribution in [3.8, 4) is 5.82 Å². The molecule has 118 valence electrons. The second-order valence-electron chi connectivity index (χ2n) is 6.10. The number of rotatable bonds is 3. The number of para-hydroxylation sites is 2. The number of imidazole rings is 1. The number of aromatic nitrogens is 4. The predicted molar refractivity (Wildman–Crippen MR) is 90.5 cm³/mol. The van der Waals surface area contributed by atoms with Crippen molar-refractivity contribution in [2.75, 3.05) is 5.32 Å². The van der Waals surface area contributed by atoms with Gasteiger partial charge in [-0.1, -0.05) is 12.1 Å². The third kappa shape index (κ3) is 2.90. The minimum atomic E-state index is 0.345. The van der Waals surface area contributed by atoms with Crippen LogP contribution in [-0.2, 0) is 0 Å². The van der Waals surface area contributed by atoms with Crippen LogP contribution in [0.5, 0.6) is 0 Å². The molecule has 0 bridgehead atoms. The van der Waals surface area contributed by atoms with E-state index in [0.717, 1.165) is 42.5 Å². The fourth-order valence-corrected chi connectivity index (χ4v) is 3.14. The fraction of sp³-hybridized carbons (Fsp3) is 0.353. The molecule has 0 spiro atoms. The van der Waals surface area contributed by atoms with Crippen LogP contribution in [0.1, 0.15) is 25.7 Å². The summed E-state index contributed by atoms with van der Waals surface area (Å²) in [6.45, 7) is 0. The molecule has 3 aromatic rings. The second-order valence-corrected chi connectivity index (χ2v) is 6.10. The topological polar surface area (TPSA) is 81.6 Å². The van der Waals surface area contributed by atoms with Gasteiger partial charge in [0.2, 0.25) is 5.95 Å². The third-order valence-electron chi connectivity index (χ3n) is 4.45. The van der Waals surface area contributed by atoms with Crippen LogP contribution < -0.4 is 11.1 Å². The zero-order valence-corrected chi connectivity index (χ0v) is 12.9. The van der Waals surface area contributed by atoms with E-state index in [1.54, 1.807) is 12.5 Å². The van der Waals surface area contributed by atoms with E-state index >= 15 is 0 Å². The van der Waals surface area contributed by atoms with Gasteiger partial charge >= 0.3 is 0 Å². The fourth-order valence-electron chi connectivity index (χ4n) is 3.14. The van der Waals surface area contributed by atoms with Gasteiger partial charge in [0.25, 0.3) is 0 Å². The lowest BCUT2D eigenvalue weighted by atomic mass is 9.92. The van der Waals surface area contributed by atoms with Gasteiger partial charge in [0.15, 0.2) is 0 Å². The summed E-state index contributed by atoms with van der Waals surface area (Å²) >= 11 is 0. The number of nitrogens with zero attached hydrogens (tertiary/aromatic N) is 4. The highest BCUT2D eigenvalue weighted by molar-refractivity contribution is 5.76. The van der Waals surface area contributed by atoms with Crippen molar-refractivity contribution in [1.82, 2.24) is 19.5 Å². The van der Waals surface area contributed by atoms with E-state index in [1.807, 2.05) is 34.9 Å². The largest absolute Gasteiger partial charge is 0.351 e. The van der Waals surface area contributed by atoms with Gasteiger partial charge in [-0.15, -0.1) is 0 Å². The van der Waals surface area contributed by atoms with Crippen LogP contribution in [0.2, 0.25) is 0 Å². The number of hydrogen-bond donors (Lipinski definition) is 2. The van der Waals surface area contributed by atoms with Gasteiger partial charge in [-0.2, -0.15) is 4.98 Å². The lowest BCUT2D eigenvalue weighted by molar-refractivity contribution is 0.410. The predicted octanol–water partition coefficient (Wildman–Crippen LogP) is 2.50. The maximum absolute atomic E-state index is 5.96. The first kappa shape index (κ1) is 14.1. The molecule has 2 heterocycles. The summed E-state index contributed by atoms with van der Waals surface area (Å²) in [5, 5.41) is 3.44. The Morgan fingerprint density at radius 3 is 2.74 bits per heavy atom. The molecule has 1 aliphatic rings. The summed E-state index contributed by atoms with van der Waals surface area (Å²) in [5.41, 5.74) is 7.96. The molecule has 1 fully saturated rings. The Balaban J connectivity index is 1.59. The normalized spacial score (nSPS) is 21.4. The molecule has 4 rings (SSSR count). The Kier molecular flexibility index (Phi) is 3.67. The van der Waals surface area contributed by atoms with Crippen molar-refractivity contribution in [3.63, 3.8) is 0 Å². The van der Waals surface area contributed by atoms with Crippen molar-refractivity contribution in [2.24, 2.45) is 5.73 Å². The minimum Gasteiger partial charge on any atom is -0.351 e. The minimum absolute atomic E-state index is 0.345. The van der Waals surface area contributed by atoms with Crippen LogP contribution in [0.4, 0.5) is 5.95 Å². The first-order valence-corrected chi connectivity index (χ1v) is 8.07. The van der Waals surface area contributed by atoms with E-state index in [2.05, 4.69) is 20.3 Å². The van der Waals surface area contributed by atoms with Gasteiger partial charge in [-0.25, -0.2) is 9.97 Å². The van der Waals surface area contributed by atoms with Crippen molar-refractivity contribution >= 4 is 17.0 Å². The summed E-state index contributed by atoms with van der Waals surface area (Å²) in [7, 11) is 0. The Morgan fingerprint density at radius 1 is 1.04 bits per heavy atom. The Labute approximate surface area is 134 Å². The van der Waals surface area contributed by atoms with E-state index < -0.39 is 0 Å². The molecule has 23 heavy (non-hydrogen) atoms. The van der Waals surface area contributed by atoms with Crippen molar-refractivity contribution in [2.45, 2.75) is 37.8 Å². The number of nitrogens with one attached hydrogen (secondary N) is 1. The summed E-state index contributed by atoms with van der Waals surface area (Å²) in [6.07, 6.45) is 7.85. The standard InChI is InChI=1S/C17H20N6/c18-12-5-7-13(8-6-12)21-17-19-10-9-16(22-17)23-11-20-14-3-1-2-4-15(14)23/h1-4,9-13H,5-8,18H2,(H,19,21,22). The number of anilines is 1. The van der Waals surface area contributed by atoms with E-state index in [9.17, 15) is 0 Å². The second kappa shape index (κ2) is 5.96. The molecule has 3 N–H and O–H groups in total. The van der Waals surface area contributed by atoms with Crippen LogP contribution >= 0.6 is 0 Å². The highest BCUT2D eigenvalue weighted by Gasteiger charge is 2.19. The lowest BCUT2D eigenvalue weighted by Gasteiger charge is -2.26. The quantitative estimate of drug-likeness (QED) is 0.777. The molecule has 6 nitrogen and oxygen atoms in total. The molecule has 0 aliphatic heterocycles. The average Bonchev–Trinajstić information content (AvgIpc) is 3.01. The molecular weight excluding hydrogens is 288 g/mol. The summed E-state index contributed by atoms with van der Waals surface area (Å²) in [5.74, 6) is 1.49. The zero-order valence-electron chi connectivity index (χ0n) is 12.9. The molecule has 0 amide bonds. The number of benzene rings is 1. The first-order chi connectivity index (χ1) is 11.3. The Morgan fingerprint density at radius 2 is 1.87 bits per heavy atom. The van der Waals surface area contributed by atoms with E-state index in [4.69, 9.17) is 5.73 Å². The molecule has 1 saturated carbocycles. The van der Waals surface area contributed by atoms with Gasteiger partial charge in [0.1, 0.15) is 12.1 Å². The van der Waals surface area contributed by atoms with Gasteiger partial charge in [-0.05, 0) is 43.9 Å². The van der Waals surface area contributed by atoms with Crippen LogP contribution in [0.3, 0.4) is 0 Å². The van der Waals surface area contributed by atoms with Crippen LogP contribution in [0.25, 0.3) is 16.9 Å². The average molecular weight is 308 g/mol. The lowest BCUT2D eigenvalue weighted by Crippen LogP contribution is -2.33. The molecule has 0 saturated heterocycles. The number of nitrogens with two attached hydrogens (primary N) is 1. The summed E-state index contributed by atoms with van der Waals surface area (Å²) in [4.78, 5) is 13.4. The SMILES string of the molecule is NC1CCC(Nc2nccc(-n3cnc4ccccc43)n2)CC1. The smallest absolute Gasteiger partial charge is 0.224 e. The third-order valence-corrected chi connectivity index (χ3v) is 4.45. The summed E-state index contributed by atoms with van der Waals surface area (Å²) in [6, 6.07) is 10.7. The van der Waals surface area contributed by atoms with E-state index in [0.29, 0.717) is 18.0 Å². The highest BCUT2D eigenvalue weighted by atomic mass is 15.2. The molecule has 0 unspecified atom stereocenters. The van der Waals surface area contributed by atoms with Gasteiger partial charge in [0.05, 0.1) is 11.0 Å². The maximum Gasteiger partial charge on any atom is 0.224 e. The van der Waals surface area contributed by atoms with Gasteiger partial charge in [-0.3, -0.25) is 4.57 Å². The monoisotopic (exact) mass is 308 g/mol. The summed E-state index contributed by atoms with van der Waals surface area (Å²) < 4.78 is 1.99. The molecule has 1 aromatic carbocycles. The zero-order chi connectivity index (χ0) is 15.6. The van der Waals surface area contributed by atoms with Gasteiger partial charge in [0, 0.05) is 18.3 Å². The molecule has 0 atom stereocenters. The Bertz CT molecular complexity index is 803. The Hall–Kier alpha value is -2.47. The van der Waals surface area contributed by atoms with Crippen molar-refractivity contribution in [3.05, 3.63) is 42.9 Å². The van der Waals surface area contributed by atoms with E-state index in [-0.39, 0.29) is 0 Å². The highest BCUT2D eigenvalue weighted by Crippen LogP contribution is 2.21. The molecule has 6 heteroatoms. The van der Waals surface area contributed by atoms with Gasteiger partial charge < -0.3 is 11.1 Å². The molecule has 0 radical (unpaired) electrons. The number of hydrogen-bond acceptors (Lipinski definition) is 5. The maximum atomic E-state index is 5.96. The number of fused-ring (bicyclic) bond motifs is 1. The van der Waals surface area contributed by atoms with Crippen molar-refractivity contribution in [1.29, 1.82) is 0 Å². The van der Waals surface area contributed by atoms with Crippen LogP contribution in [0.15, 0.2) is 42.9 Å². The van der Waals surface area contributed by atoms with Crippen molar-refractivity contribution < 1.29 is 0 Å². The first-order valence-electron chi connectivity index (χ1n) is 8.07.